The molecule has 110 valence electrons. The molecule has 2 bridgehead atoms. The number of nitrogens with zero attached hydrogens (tertiary/aromatic N) is 1. The van der Waals surface area contributed by atoms with Crippen LogP contribution in [0.25, 0.3) is 0 Å². The topological polar surface area (TPSA) is 37.4 Å². The molecule has 0 radical (unpaired) electrons. The molecule has 2 fully saturated rings. The highest BCUT2D eigenvalue weighted by atomic mass is 16.2. The second-order valence-electron chi connectivity index (χ2n) is 6.60. The number of amides is 2. The van der Waals surface area contributed by atoms with E-state index in [0.29, 0.717) is 18.4 Å². The molecule has 4 atom stereocenters. The number of fused-ring (bicyclic) bond motifs is 5. The molecule has 1 saturated carbocycles. The van der Waals surface area contributed by atoms with Gasteiger partial charge in [0.05, 0.1) is 11.8 Å². The van der Waals surface area contributed by atoms with Crippen molar-refractivity contribution in [2.45, 2.75) is 51.9 Å². The van der Waals surface area contributed by atoms with Crippen molar-refractivity contribution in [2.75, 3.05) is 6.54 Å². The van der Waals surface area contributed by atoms with Crippen molar-refractivity contribution in [1.82, 2.24) is 4.90 Å². The van der Waals surface area contributed by atoms with Gasteiger partial charge in [-0.05, 0) is 24.7 Å². The van der Waals surface area contributed by atoms with Gasteiger partial charge in [0.15, 0.2) is 0 Å². The van der Waals surface area contributed by atoms with E-state index in [1.807, 2.05) is 0 Å². The summed E-state index contributed by atoms with van der Waals surface area (Å²) in [5.74, 6) is 0.887. The van der Waals surface area contributed by atoms with Gasteiger partial charge < -0.3 is 0 Å². The molecule has 2 amide bonds. The van der Waals surface area contributed by atoms with E-state index in [9.17, 15) is 9.59 Å². The van der Waals surface area contributed by atoms with Crippen LogP contribution in [0.15, 0.2) is 12.2 Å². The third-order valence-electron chi connectivity index (χ3n) is 5.30. The number of hydrogen-bond acceptors (Lipinski definition) is 2. The smallest absolute Gasteiger partial charge is 0.233 e. The number of likely N-dealkylation sites (tertiary alicyclic amines) is 1. The zero-order valence-corrected chi connectivity index (χ0v) is 12.4. The summed E-state index contributed by atoms with van der Waals surface area (Å²) in [7, 11) is 0. The normalized spacial score (nSPS) is 34.4. The predicted molar refractivity (Wildman–Crippen MR) is 77.8 cm³/mol. The van der Waals surface area contributed by atoms with Crippen LogP contribution in [0.4, 0.5) is 0 Å². The molecule has 0 aromatic rings. The highest BCUT2D eigenvalue weighted by Gasteiger charge is 2.58. The van der Waals surface area contributed by atoms with Crippen molar-refractivity contribution in [3.8, 4) is 0 Å². The van der Waals surface area contributed by atoms with Crippen LogP contribution in [0, 0.1) is 23.7 Å². The molecule has 1 heterocycles. The quantitative estimate of drug-likeness (QED) is 0.406. The minimum absolute atomic E-state index is 0.0161. The van der Waals surface area contributed by atoms with E-state index >= 15 is 0 Å². The zero-order chi connectivity index (χ0) is 14.1. The monoisotopic (exact) mass is 275 g/mol. The van der Waals surface area contributed by atoms with Gasteiger partial charge in [0, 0.05) is 6.54 Å². The van der Waals surface area contributed by atoms with Crippen LogP contribution in [-0.2, 0) is 9.59 Å². The number of hydrogen-bond donors (Lipinski definition) is 0. The highest BCUT2D eigenvalue weighted by Crippen LogP contribution is 2.52. The van der Waals surface area contributed by atoms with Crippen molar-refractivity contribution in [3.05, 3.63) is 12.2 Å². The minimum Gasteiger partial charge on any atom is -0.282 e. The fraction of sp³-hybridized carbons (Fsp3) is 0.765. The molecule has 0 aromatic carbocycles. The Balaban J connectivity index is 1.49. The zero-order valence-electron chi connectivity index (χ0n) is 12.4. The number of unbranched alkanes of at least 4 members (excludes halogenated alkanes) is 5. The molecular formula is C17H25NO2. The van der Waals surface area contributed by atoms with Gasteiger partial charge in [0.2, 0.25) is 11.8 Å². The highest BCUT2D eigenvalue weighted by molar-refractivity contribution is 6.06. The average Bonchev–Trinajstić information content (AvgIpc) is 3.11. The summed E-state index contributed by atoms with van der Waals surface area (Å²) in [4.78, 5) is 26.4. The molecule has 0 N–H and O–H groups in total. The maximum Gasteiger partial charge on any atom is 0.233 e. The first-order valence-corrected chi connectivity index (χ1v) is 8.27. The molecule has 1 aliphatic heterocycles. The molecule has 0 aromatic heterocycles. The van der Waals surface area contributed by atoms with Gasteiger partial charge in [-0.15, -0.1) is 0 Å². The first kappa shape index (κ1) is 13.8. The number of imide groups is 1. The van der Waals surface area contributed by atoms with Crippen molar-refractivity contribution < 1.29 is 9.59 Å². The van der Waals surface area contributed by atoms with Crippen LogP contribution in [0.3, 0.4) is 0 Å². The van der Waals surface area contributed by atoms with Crippen molar-refractivity contribution in [1.29, 1.82) is 0 Å². The lowest BCUT2D eigenvalue weighted by molar-refractivity contribution is -0.140. The van der Waals surface area contributed by atoms with E-state index in [4.69, 9.17) is 0 Å². The SMILES string of the molecule is CCCCCCCCN1C(=O)C2C3C=CC(C3)C2C1=O. The van der Waals surface area contributed by atoms with Crippen LogP contribution >= 0.6 is 0 Å². The minimum atomic E-state index is -0.0161. The van der Waals surface area contributed by atoms with Gasteiger partial charge in [-0.25, -0.2) is 0 Å². The van der Waals surface area contributed by atoms with E-state index in [-0.39, 0.29) is 23.7 Å². The van der Waals surface area contributed by atoms with Crippen LogP contribution < -0.4 is 0 Å². The third kappa shape index (κ3) is 2.21. The Kier molecular flexibility index (Phi) is 3.95. The van der Waals surface area contributed by atoms with E-state index in [2.05, 4.69) is 19.1 Å². The van der Waals surface area contributed by atoms with Crippen LogP contribution in [-0.4, -0.2) is 23.3 Å². The van der Waals surface area contributed by atoms with E-state index in [0.717, 1.165) is 19.3 Å². The first-order chi connectivity index (χ1) is 9.74. The fourth-order valence-corrected chi connectivity index (χ4v) is 4.23. The van der Waals surface area contributed by atoms with Gasteiger partial charge >= 0.3 is 0 Å². The summed E-state index contributed by atoms with van der Waals surface area (Å²) in [6.07, 6.45) is 12.5. The average molecular weight is 275 g/mol. The summed E-state index contributed by atoms with van der Waals surface area (Å²) in [6.45, 7) is 2.86. The Labute approximate surface area is 121 Å². The first-order valence-electron chi connectivity index (χ1n) is 8.27. The predicted octanol–water partition coefficient (Wildman–Crippen LogP) is 3.15. The molecule has 3 heteroatoms. The maximum absolute atomic E-state index is 12.4. The standard InChI is InChI=1S/C17H25NO2/c1-2-3-4-5-6-7-10-18-16(19)14-12-8-9-13(11-12)15(14)17(18)20/h8-9,12-15H,2-7,10-11H2,1H3. The molecule has 3 aliphatic rings. The molecule has 20 heavy (non-hydrogen) atoms. The summed E-state index contributed by atoms with van der Waals surface area (Å²) >= 11 is 0. The third-order valence-corrected chi connectivity index (χ3v) is 5.30. The van der Waals surface area contributed by atoms with Gasteiger partial charge in [-0.1, -0.05) is 51.2 Å². The second-order valence-corrected chi connectivity index (χ2v) is 6.60. The molecule has 1 saturated heterocycles. The fourth-order valence-electron chi connectivity index (χ4n) is 4.23. The summed E-state index contributed by atoms with van der Waals surface area (Å²) in [5, 5.41) is 0. The summed E-state index contributed by atoms with van der Waals surface area (Å²) in [5.41, 5.74) is 0. The summed E-state index contributed by atoms with van der Waals surface area (Å²) < 4.78 is 0. The molecular weight excluding hydrogens is 250 g/mol. The Morgan fingerprint density at radius 2 is 1.50 bits per heavy atom. The number of carbonyl (C=O) groups is 2. The lowest BCUT2D eigenvalue weighted by Crippen LogP contribution is -2.33. The molecule has 0 spiro atoms. The van der Waals surface area contributed by atoms with Crippen LogP contribution in [0.2, 0.25) is 0 Å². The van der Waals surface area contributed by atoms with Crippen LogP contribution in [0.5, 0.6) is 0 Å². The van der Waals surface area contributed by atoms with Crippen LogP contribution in [0.1, 0.15) is 51.9 Å². The number of allylic oxidation sites excluding steroid dienone is 2. The van der Waals surface area contributed by atoms with Gasteiger partial charge in [-0.3, -0.25) is 14.5 Å². The Morgan fingerprint density at radius 3 is 2.10 bits per heavy atom. The lowest BCUT2D eigenvalue weighted by atomic mass is 9.85. The number of carbonyl (C=O) groups excluding carboxylic acids is 2. The molecule has 3 rings (SSSR count). The van der Waals surface area contributed by atoms with Crippen molar-refractivity contribution >= 4 is 11.8 Å². The van der Waals surface area contributed by atoms with E-state index < -0.39 is 0 Å². The van der Waals surface area contributed by atoms with E-state index in [1.165, 1.54) is 25.7 Å². The Morgan fingerprint density at radius 1 is 0.950 bits per heavy atom. The molecule has 3 nitrogen and oxygen atoms in total. The van der Waals surface area contributed by atoms with Gasteiger partial charge in [0.25, 0.3) is 0 Å². The number of rotatable bonds is 7. The lowest BCUT2D eigenvalue weighted by Gasteiger charge is -2.16. The summed E-state index contributed by atoms with van der Waals surface area (Å²) in [6, 6.07) is 0. The Bertz CT molecular complexity index is 399. The Hall–Kier alpha value is -1.12. The van der Waals surface area contributed by atoms with Gasteiger partial charge in [0.1, 0.15) is 0 Å². The molecule has 2 aliphatic carbocycles. The maximum atomic E-state index is 12.4. The second kappa shape index (κ2) is 5.71. The largest absolute Gasteiger partial charge is 0.282 e. The molecule has 4 unspecified atom stereocenters. The van der Waals surface area contributed by atoms with Crippen molar-refractivity contribution in [3.63, 3.8) is 0 Å². The van der Waals surface area contributed by atoms with Crippen molar-refractivity contribution in [2.24, 2.45) is 23.7 Å². The van der Waals surface area contributed by atoms with Gasteiger partial charge in [-0.2, -0.15) is 0 Å². The van der Waals surface area contributed by atoms with E-state index in [1.54, 1.807) is 4.90 Å².